The number of carbonyl (C=O) groups is 1. The van der Waals surface area contributed by atoms with Gasteiger partial charge >= 0.3 is 0 Å². The molecule has 2 aliphatic rings. The Kier molecular flexibility index (Phi) is 2.60. The Bertz CT molecular complexity index is 441. The standard InChI is InChI=1S/C12H14N2O3/c15-12-8-17-11-7-9(1-2-10(11)13-12)14-3-5-16-6-4-14/h1-2,7H,3-6,8H2,(H,13,15). The SMILES string of the molecule is O=C1COc2cc(N3CCOCC3)ccc2N1. The van der Waals surface area contributed by atoms with Crippen LogP contribution in [0.1, 0.15) is 0 Å². The molecule has 3 rings (SSSR count). The fraction of sp³-hybridized carbons (Fsp3) is 0.417. The number of anilines is 2. The average Bonchev–Trinajstić information content (AvgIpc) is 2.39. The van der Waals surface area contributed by atoms with Crippen molar-refractivity contribution in [2.75, 3.05) is 43.1 Å². The lowest BCUT2D eigenvalue weighted by atomic mass is 10.2. The Labute approximate surface area is 99.3 Å². The third-order valence-corrected chi connectivity index (χ3v) is 2.97. The molecular formula is C12H14N2O3. The number of carbonyl (C=O) groups excluding carboxylic acids is 1. The maximum atomic E-state index is 11.1. The lowest BCUT2D eigenvalue weighted by molar-refractivity contribution is -0.118. The number of fused-ring (bicyclic) bond motifs is 1. The van der Waals surface area contributed by atoms with E-state index in [4.69, 9.17) is 9.47 Å². The number of amides is 1. The van der Waals surface area contributed by atoms with E-state index in [9.17, 15) is 4.79 Å². The van der Waals surface area contributed by atoms with E-state index >= 15 is 0 Å². The summed E-state index contributed by atoms with van der Waals surface area (Å²) in [6, 6.07) is 5.86. The van der Waals surface area contributed by atoms with E-state index in [1.165, 1.54) is 0 Å². The van der Waals surface area contributed by atoms with Gasteiger partial charge in [-0.1, -0.05) is 0 Å². The third kappa shape index (κ3) is 2.06. The van der Waals surface area contributed by atoms with Crippen molar-refractivity contribution in [2.45, 2.75) is 0 Å². The van der Waals surface area contributed by atoms with E-state index < -0.39 is 0 Å². The zero-order valence-corrected chi connectivity index (χ0v) is 9.44. The first-order valence-electron chi connectivity index (χ1n) is 5.72. The maximum absolute atomic E-state index is 11.1. The van der Waals surface area contributed by atoms with Crippen LogP contribution in [0.4, 0.5) is 11.4 Å². The molecule has 0 unspecified atom stereocenters. The molecule has 0 radical (unpaired) electrons. The van der Waals surface area contributed by atoms with E-state index in [1.54, 1.807) is 0 Å². The minimum absolute atomic E-state index is 0.0968. The molecule has 5 heteroatoms. The van der Waals surface area contributed by atoms with Gasteiger partial charge in [-0.05, 0) is 12.1 Å². The van der Waals surface area contributed by atoms with Crippen LogP contribution in [0.15, 0.2) is 18.2 Å². The molecule has 1 aromatic rings. The summed E-state index contributed by atoms with van der Waals surface area (Å²) in [6.07, 6.45) is 0. The first-order valence-corrected chi connectivity index (χ1v) is 5.72. The second kappa shape index (κ2) is 4.25. The Balaban J connectivity index is 1.85. The van der Waals surface area contributed by atoms with Crippen LogP contribution in [0, 0.1) is 0 Å². The number of benzene rings is 1. The number of ether oxygens (including phenoxy) is 2. The van der Waals surface area contributed by atoms with Crippen LogP contribution < -0.4 is 15.0 Å². The Morgan fingerprint density at radius 3 is 2.88 bits per heavy atom. The van der Waals surface area contributed by atoms with Crippen LogP contribution in [0.2, 0.25) is 0 Å². The minimum Gasteiger partial charge on any atom is -0.482 e. The summed E-state index contributed by atoms with van der Waals surface area (Å²) in [5.74, 6) is 0.644. The molecule has 0 bridgehead atoms. The van der Waals surface area contributed by atoms with Gasteiger partial charge in [0.15, 0.2) is 6.61 Å². The molecule has 0 atom stereocenters. The normalized spacial score (nSPS) is 19.3. The summed E-state index contributed by atoms with van der Waals surface area (Å²) >= 11 is 0. The summed E-state index contributed by atoms with van der Waals surface area (Å²) in [5, 5.41) is 2.78. The fourth-order valence-corrected chi connectivity index (χ4v) is 2.08. The van der Waals surface area contributed by atoms with Crippen molar-refractivity contribution < 1.29 is 14.3 Å². The first kappa shape index (κ1) is 10.4. The van der Waals surface area contributed by atoms with Crippen LogP contribution in [-0.4, -0.2) is 38.8 Å². The second-order valence-corrected chi connectivity index (χ2v) is 4.12. The van der Waals surface area contributed by atoms with Crippen molar-refractivity contribution in [1.29, 1.82) is 0 Å². The molecule has 0 saturated carbocycles. The quantitative estimate of drug-likeness (QED) is 0.782. The number of hydrogen-bond donors (Lipinski definition) is 1. The van der Waals surface area contributed by atoms with Crippen molar-refractivity contribution in [1.82, 2.24) is 0 Å². The van der Waals surface area contributed by atoms with Crippen LogP contribution >= 0.6 is 0 Å². The molecule has 1 fully saturated rings. The zero-order valence-electron chi connectivity index (χ0n) is 9.44. The highest BCUT2D eigenvalue weighted by atomic mass is 16.5. The monoisotopic (exact) mass is 234 g/mol. The van der Waals surface area contributed by atoms with Gasteiger partial charge < -0.3 is 19.7 Å². The fourth-order valence-electron chi connectivity index (χ4n) is 2.08. The molecule has 90 valence electrons. The van der Waals surface area contributed by atoms with Crippen molar-refractivity contribution in [3.63, 3.8) is 0 Å². The predicted molar refractivity (Wildman–Crippen MR) is 63.6 cm³/mol. The molecule has 0 aliphatic carbocycles. The Morgan fingerprint density at radius 2 is 2.06 bits per heavy atom. The van der Waals surface area contributed by atoms with E-state index in [0.29, 0.717) is 0 Å². The minimum atomic E-state index is -0.100. The molecule has 0 spiro atoms. The van der Waals surface area contributed by atoms with Crippen LogP contribution in [0.3, 0.4) is 0 Å². The summed E-state index contributed by atoms with van der Waals surface area (Å²) in [7, 11) is 0. The van der Waals surface area contributed by atoms with Gasteiger partial charge in [-0.15, -0.1) is 0 Å². The van der Waals surface area contributed by atoms with E-state index in [0.717, 1.165) is 43.4 Å². The van der Waals surface area contributed by atoms with Gasteiger partial charge in [0.25, 0.3) is 5.91 Å². The number of nitrogens with zero attached hydrogens (tertiary/aromatic N) is 1. The highest BCUT2D eigenvalue weighted by molar-refractivity contribution is 5.95. The molecule has 1 amide bonds. The van der Waals surface area contributed by atoms with Crippen molar-refractivity contribution in [2.24, 2.45) is 0 Å². The third-order valence-electron chi connectivity index (χ3n) is 2.97. The number of morpholine rings is 1. The molecule has 2 heterocycles. The van der Waals surface area contributed by atoms with Gasteiger partial charge in [0.05, 0.1) is 18.9 Å². The molecule has 17 heavy (non-hydrogen) atoms. The summed E-state index contributed by atoms with van der Waals surface area (Å²) in [4.78, 5) is 13.4. The number of nitrogens with one attached hydrogen (secondary N) is 1. The van der Waals surface area contributed by atoms with Gasteiger partial charge in [0.2, 0.25) is 0 Å². The topological polar surface area (TPSA) is 50.8 Å². The van der Waals surface area contributed by atoms with Gasteiger partial charge in [0, 0.05) is 24.8 Å². The van der Waals surface area contributed by atoms with Crippen molar-refractivity contribution in [3.8, 4) is 5.75 Å². The van der Waals surface area contributed by atoms with Crippen molar-refractivity contribution in [3.05, 3.63) is 18.2 Å². The average molecular weight is 234 g/mol. The van der Waals surface area contributed by atoms with Crippen LogP contribution in [-0.2, 0) is 9.53 Å². The molecule has 0 aromatic heterocycles. The summed E-state index contributed by atoms with van der Waals surface area (Å²) < 4.78 is 10.7. The molecule has 1 N–H and O–H groups in total. The first-order chi connectivity index (χ1) is 8.33. The molecule has 5 nitrogen and oxygen atoms in total. The molecular weight excluding hydrogens is 220 g/mol. The van der Waals surface area contributed by atoms with Crippen molar-refractivity contribution >= 4 is 17.3 Å². The van der Waals surface area contributed by atoms with Crippen LogP contribution in [0.25, 0.3) is 0 Å². The number of hydrogen-bond acceptors (Lipinski definition) is 4. The Hall–Kier alpha value is -1.75. The predicted octanol–water partition coefficient (Wildman–Crippen LogP) is 0.854. The van der Waals surface area contributed by atoms with E-state index in [2.05, 4.69) is 10.2 Å². The van der Waals surface area contributed by atoms with E-state index in [1.807, 2.05) is 18.2 Å². The lowest BCUT2D eigenvalue weighted by Gasteiger charge is -2.30. The lowest BCUT2D eigenvalue weighted by Crippen LogP contribution is -2.36. The molecule has 1 aromatic carbocycles. The highest BCUT2D eigenvalue weighted by Gasteiger charge is 2.18. The second-order valence-electron chi connectivity index (χ2n) is 4.12. The molecule has 2 aliphatic heterocycles. The maximum Gasteiger partial charge on any atom is 0.262 e. The largest absolute Gasteiger partial charge is 0.482 e. The van der Waals surface area contributed by atoms with Gasteiger partial charge in [0.1, 0.15) is 5.75 Å². The molecule has 1 saturated heterocycles. The van der Waals surface area contributed by atoms with Gasteiger partial charge in [-0.25, -0.2) is 0 Å². The zero-order chi connectivity index (χ0) is 11.7. The summed E-state index contributed by atoms with van der Waals surface area (Å²) in [6.45, 7) is 3.40. The van der Waals surface area contributed by atoms with Gasteiger partial charge in [-0.3, -0.25) is 4.79 Å². The Morgan fingerprint density at radius 1 is 1.24 bits per heavy atom. The summed E-state index contributed by atoms with van der Waals surface area (Å²) in [5.41, 5.74) is 1.86. The van der Waals surface area contributed by atoms with E-state index in [-0.39, 0.29) is 12.5 Å². The number of rotatable bonds is 1. The highest BCUT2D eigenvalue weighted by Crippen LogP contribution is 2.32. The van der Waals surface area contributed by atoms with Crippen LogP contribution in [0.5, 0.6) is 5.75 Å². The smallest absolute Gasteiger partial charge is 0.262 e. The van der Waals surface area contributed by atoms with Gasteiger partial charge in [-0.2, -0.15) is 0 Å².